The summed E-state index contributed by atoms with van der Waals surface area (Å²) in [7, 11) is 1.64. The molecule has 0 aliphatic heterocycles. The summed E-state index contributed by atoms with van der Waals surface area (Å²) in [4.78, 5) is 0.924. The first kappa shape index (κ1) is 14.1. The molecule has 19 heavy (non-hydrogen) atoms. The summed E-state index contributed by atoms with van der Waals surface area (Å²) in [5.41, 5.74) is 5.81. The Morgan fingerprint density at radius 2 is 1.63 bits per heavy atom. The van der Waals surface area contributed by atoms with Gasteiger partial charge in [-0.1, -0.05) is 6.07 Å². The van der Waals surface area contributed by atoms with E-state index in [0.717, 1.165) is 16.2 Å². The van der Waals surface area contributed by atoms with E-state index in [9.17, 15) is 5.11 Å². The summed E-state index contributed by atoms with van der Waals surface area (Å²) in [5, 5.41) is 12.6. The van der Waals surface area contributed by atoms with Crippen LogP contribution in [0.4, 0.5) is 0 Å². The number of aryl methyl sites for hydroxylation is 2. The minimum Gasteiger partial charge on any atom is -0.496 e. The monoisotopic (exact) mass is 276 g/mol. The quantitative estimate of drug-likeness (QED) is 0.915. The first-order chi connectivity index (χ1) is 8.95. The molecule has 2 nitrogen and oxygen atoms in total. The lowest BCUT2D eigenvalue weighted by molar-refractivity contribution is 0.222. The Morgan fingerprint density at radius 1 is 1.05 bits per heavy atom. The minimum absolute atomic E-state index is 0.576. The van der Waals surface area contributed by atoms with Gasteiger partial charge in [0.25, 0.3) is 0 Å². The average Bonchev–Trinajstić information content (AvgIpc) is 2.85. The fraction of sp³-hybridized carbons (Fsp3) is 0.375. The van der Waals surface area contributed by atoms with E-state index in [4.69, 9.17) is 4.74 Å². The summed E-state index contributed by atoms with van der Waals surface area (Å²) >= 11 is 1.53. The van der Waals surface area contributed by atoms with E-state index in [-0.39, 0.29) is 0 Å². The first-order valence-electron chi connectivity index (χ1n) is 6.33. The zero-order valence-electron chi connectivity index (χ0n) is 12.1. The molecule has 102 valence electrons. The van der Waals surface area contributed by atoms with Crippen LogP contribution in [-0.4, -0.2) is 12.2 Å². The SMILES string of the molecule is COc1csc(C(O)c2c(C)c(C)cc(C)c2C)c1. The summed E-state index contributed by atoms with van der Waals surface area (Å²) in [6, 6.07) is 4.09. The predicted molar refractivity (Wildman–Crippen MR) is 80.3 cm³/mol. The molecule has 0 bridgehead atoms. The second-order valence-electron chi connectivity index (χ2n) is 4.97. The van der Waals surface area contributed by atoms with Crippen molar-refractivity contribution < 1.29 is 9.84 Å². The lowest BCUT2D eigenvalue weighted by atomic mass is 9.90. The molecule has 0 amide bonds. The maximum atomic E-state index is 10.7. The summed E-state index contributed by atoms with van der Waals surface area (Å²) in [6.07, 6.45) is -0.576. The van der Waals surface area contributed by atoms with E-state index in [1.165, 1.54) is 33.6 Å². The third kappa shape index (κ3) is 2.53. The van der Waals surface area contributed by atoms with Crippen molar-refractivity contribution in [3.63, 3.8) is 0 Å². The van der Waals surface area contributed by atoms with Crippen molar-refractivity contribution in [2.45, 2.75) is 33.8 Å². The number of methoxy groups -OCH3 is 1. The number of hydrogen-bond acceptors (Lipinski definition) is 3. The third-order valence-corrected chi connectivity index (χ3v) is 4.76. The number of thiophene rings is 1. The molecule has 0 spiro atoms. The van der Waals surface area contributed by atoms with Gasteiger partial charge in [-0.3, -0.25) is 0 Å². The van der Waals surface area contributed by atoms with Crippen molar-refractivity contribution in [3.8, 4) is 5.75 Å². The number of aliphatic hydroxyl groups excluding tert-OH is 1. The van der Waals surface area contributed by atoms with Gasteiger partial charge >= 0.3 is 0 Å². The van der Waals surface area contributed by atoms with Crippen LogP contribution in [-0.2, 0) is 0 Å². The molecule has 3 heteroatoms. The number of hydrogen-bond donors (Lipinski definition) is 1. The standard InChI is InChI=1S/C16H20O2S/c1-9-6-10(2)12(4)15(11(9)3)16(17)14-7-13(18-5)8-19-14/h6-8,16-17H,1-5H3. The van der Waals surface area contributed by atoms with Crippen molar-refractivity contribution >= 4 is 11.3 Å². The lowest BCUT2D eigenvalue weighted by Crippen LogP contribution is -2.06. The summed E-state index contributed by atoms with van der Waals surface area (Å²) in [5.74, 6) is 0.804. The fourth-order valence-electron chi connectivity index (χ4n) is 2.38. The Balaban J connectivity index is 2.52. The Hall–Kier alpha value is -1.32. The molecule has 0 aliphatic rings. The Kier molecular flexibility index (Phi) is 3.97. The average molecular weight is 276 g/mol. The molecule has 2 aromatic rings. The van der Waals surface area contributed by atoms with Gasteiger partial charge < -0.3 is 9.84 Å². The van der Waals surface area contributed by atoms with Crippen molar-refractivity contribution in [2.24, 2.45) is 0 Å². The van der Waals surface area contributed by atoms with Crippen LogP contribution in [0.25, 0.3) is 0 Å². The molecule has 2 rings (SSSR count). The highest BCUT2D eigenvalue weighted by Gasteiger charge is 2.19. The highest BCUT2D eigenvalue weighted by atomic mass is 32.1. The number of ether oxygens (including phenoxy) is 1. The van der Waals surface area contributed by atoms with Gasteiger partial charge in [0, 0.05) is 10.3 Å². The van der Waals surface area contributed by atoms with Crippen LogP contribution in [0, 0.1) is 27.7 Å². The summed E-state index contributed by atoms with van der Waals surface area (Å²) in [6.45, 7) is 8.33. The van der Waals surface area contributed by atoms with Gasteiger partial charge in [-0.2, -0.15) is 0 Å². The predicted octanol–water partition coefficient (Wildman–Crippen LogP) is 4.07. The van der Waals surface area contributed by atoms with E-state index < -0.39 is 6.10 Å². The Bertz CT molecular complexity index is 573. The number of benzene rings is 1. The van der Waals surface area contributed by atoms with E-state index in [1.54, 1.807) is 7.11 Å². The maximum absolute atomic E-state index is 10.7. The molecule has 1 atom stereocenters. The molecule has 1 unspecified atom stereocenters. The van der Waals surface area contributed by atoms with Crippen LogP contribution in [0.15, 0.2) is 17.5 Å². The molecule has 1 aromatic carbocycles. The molecule has 1 heterocycles. The smallest absolute Gasteiger partial charge is 0.129 e. The van der Waals surface area contributed by atoms with Crippen molar-refractivity contribution in [1.29, 1.82) is 0 Å². The van der Waals surface area contributed by atoms with Crippen LogP contribution < -0.4 is 4.74 Å². The number of rotatable bonds is 3. The maximum Gasteiger partial charge on any atom is 0.129 e. The Morgan fingerprint density at radius 3 is 2.11 bits per heavy atom. The first-order valence-corrected chi connectivity index (χ1v) is 7.21. The van der Waals surface area contributed by atoms with Gasteiger partial charge in [-0.15, -0.1) is 11.3 Å². The highest BCUT2D eigenvalue weighted by molar-refractivity contribution is 7.10. The second-order valence-corrected chi connectivity index (χ2v) is 5.91. The van der Waals surface area contributed by atoms with Crippen molar-refractivity contribution in [2.75, 3.05) is 7.11 Å². The minimum atomic E-state index is -0.576. The Labute approximate surface area is 118 Å². The molecule has 0 saturated carbocycles. The van der Waals surface area contributed by atoms with Gasteiger partial charge in [-0.25, -0.2) is 0 Å². The zero-order chi connectivity index (χ0) is 14.2. The van der Waals surface area contributed by atoms with Gasteiger partial charge in [0.15, 0.2) is 0 Å². The topological polar surface area (TPSA) is 29.5 Å². The highest BCUT2D eigenvalue weighted by Crippen LogP contribution is 2.35. The fourth-order valence-corrected chi connectivity index (χ4v) is 3.23. The van der Waals surface area contributed by atoms with E-state index in [2.05, 4.69) is 33.8 Å². The van der Waals surface area contributed by atoms with Gasteiger partial charge in [-0.05, 0) is 61.6 Å². The summed E-state index contributed by atoms with van der Waals surface area (Å²) < 4.78 is 5.19. The van der Waals surface area contributed by atoms with E-state index in [0.29, 0.717) is 0 Å². The van der Waals surface area contributed by atoms with Crippen LogP contribution >= 0.6 is 11.3 Å². The normalized spacial score (nSPS) is 12.5. The van der Waals surface area contributed by atoms with Crippen LogP contribution in [0.3, 0.4) is 0 Å². The van der Waals surface area contributed by atoms with Gasteiger partial charge in [0.1, 0.15) is 11.9 Å². The van der Waals surface area contributed by atoms with Crippen molar-refractivity contribution in [3.05, 3.63) is 50.2 Å². The van der Waals surface area contributed by atoms with Crippen LogP contribution in [0.1, 0.15) is 38.8 Å². The molecular formula is C16H20O2S. The molecule has 0 saturated heterocycles. The molecule has 1 aromatic heterocycles. The molecule has 0 fully saturated rings. The zero-order valence-corrected chi connectivity index (χ0v) is 12.9. The molecule has 1 N–H and O–H groups in total. The van der Waals surface area contributed by atoms with Gasteiger partial charge in [0.2, 0.25) is 0 Å². The van der Waals surface area contributed by atoms with Crippen LogP contribution in [0.5, 0.6) is 5.75 Å². The van der Waals surface area contributed by atoms with Crippen LogP contribution in [0.2, 0.25) is 0 Å². The lowest BCUT2D eigenvalue weighted by Gasteiger charge is -2.19. The van der Waals surface area contributed by atoms with Crippen molar-refractivity contribution in [1.82, 2.24) is 0 Å². The molecular weight excluding hydrogens is 256 g/mol. The largest absolute Gasteiger partial charge is 0.496 e. The van der Waals surface area contributed by atoms with Gasteiger partial charge in [0.05, 0.1) is 7.11 Å². The van der Waals surface area contributed by atoms with E-state index in [1.807, 2.05) is 11.4 Å². The van der Waals surface area contributed by atoms with E-state index >= 15 is 0 Å². The second kappa shape index (κ2) is 5.35. The number of aliphatic hydroxyl groups is 1. The molecule has 0 radical (unpaired) electrons. The third-order valence-electron chi connectivity index (χ3n) is 3.80. The molecule has 0 aliphatic carbocycles.